The molecule has 0 saturated carbocycles. The molecule has 75 heavy (non-hydrogen) atoms. The van der Waals surface area contributed by atoms with E-state index in [-0.39, 0.29) is 39.2 Å². The highest BCUT2D eigenvalue weighted by Gasteiger charge is 2.48. The minimum atomic E-state index is -0.326. The molecule has 4 aliphatic heterocycles. The van der Waals surface area contributed by atoms with Crippen LogP contribution in [0.2, 0.25) is 0 Å². The Morgan fingerprint density at radius 1 is 0.480 bits per heavy atom. The molecule has 8 bridgehead atoms. The predicted octanol–water partition coefficient (Wildman–Crippen LogP) is 16.8. The Balaban J connectivity index is 1.15. The summed E-state index contributed by atoms with van der Waals surface area (Å²) in [5, 5.41) is 7.87. The van der Waals surface area contributed by atoms with E-state index in [9.17, 15) is 0 Å². The van der Waals surface area contributed by atoms with E-state index in [1.54, 1.807) is 0 Å². The highest BCUT2D eigenvalue weighted by molar-refractivity contribution is 6.99. The number of hydrogen-bond acceptors (Lipinski definition) is 2. The van der Waals surface area contributed by atoms with Crippen molar-refractivity contribution in [3.05, 3.63) is 166 Å². The van der Waals surface area contributed by atoms with Crippen LogP contribution in [0.5, 0.6) is 11.5 Å². The average molecular weight is 978 g/mol. The fourth-order valence-corrected chi connectivity index (χ4v) is 15.0. The minimum Gasteiger partial charge on any atom is -0.453 e. The van der Waals surface area contributed by atoms with Crippen molar-refractivity contribution in [2.24, 2.45) is 0 Å². The van der Waals surface area contributed by atoms with E-state index in [1.807, 2.05) is 0 Å². The van der Waals surface area contributed by atoms with Gasteiger partial charge in [-0.25, -0.2) is 0 Å². The maximum absolute atomic E-state index is 7.26. The summed E-state index contributed by atoms with van der Waals surface area (Å²) >= 11 is 0. The van der Waals surface area contributed by atoms with Crippen molar-refractivity contribution in [2.75, 3.05) is 4.90 Å². The molecule has 4 nitrogen and oxygen atoms in total. The molecule has 0 atom stereocenters. The lowest BCUT2D eigenvalue weighted by atomic mass is 9.30. The van der Waals surface area contributed by atoms with Crippen molar-refractivity contribution in [1.29, 1.82) is 0 Å². The van der Waals surface area contributed by atoms with Crippen LogP contribution in [0.15, 0.2) is 127 Å². The molecule has 0 saturated heterocycles. The Labute approximate surface area is 442 Å². The van der Waals surface area contributed by atoms with Gasteiger partial charge in [-0.2, -0.15) is 0 Å². The lowest BCUT2D eigenvalue weighted by molar-refractivity contribution is 0.348. The molecule has 0 N–H and O–H groups in total. The van der Waals surface area contributed by atoms with Gasteiger partial charge in [0, 0.05) is 49.1 Å². The van der Waals surface area contributed by atoms with Crippen molar-refractivity contribution in [1.82, 2.24) is 8.97 Å². The van der Waals surface area contributed by atoms with E-state index < -0.39 is 0 Å². The van der Waals surface area contributed by atoms with Gasteiger partial charge < -0.3 is 18.6 Å². The van der Waals surface area contributed by atoms with Crippen molar-refractivity contribution in [2.45, 2.75) is 143 Å². The molecule has 0 aliphatic carbocycles. The normalized spacial score (nSPS) is 17.1. The van der Waals surface area contributed by atoms with Crippen LogP contribution in [0.1, 0.15) is 149 Å². The number of hydrogen-bond donors (Lipinski definition) is 0. The van der Waals surface area contributed by atoms with Gasteiger partial charge in [0.05, 0.1) is 39.0 Å². The lowest BCUT2D eigenvalue weighted by Gasteiger charge is -2.45. The first-order valence-corrected chi connectivity index (χ1v) is 27.7. The first-order chi connectivity index (χ1) is 35.3. The predicted molar refractivity (Wildman–Crippen MR) is 320 cm³/mol. The quantitative estimate of drug-likeness (QED) is 0.153. The monoisotopic (exact) mass is 978 g/mol. The maximum Gasteiger partial charge on any atom is 0.247 e. The number of aromatic nitrogens is 2. The second kappa shape index (κ2) is 13.9. The second-order valence-corrected chi connectivity index (χ2v) is 28.2. The largest absolute Gasteiger partial charge is 0.453 e. The zero-order valence-corrected chi connectivity index (χ0v) is 46.7. The zero-order valence-electron chi connectivity index (χ0n) is 46.7. The van der Waals surface area contributed by atoms with Gasteiger partial charge in [-0.15, -0.1) is 0 Å². The first kappa shape index (κ1) is 45.4. The molecule has 11 aromatic rings. The molecule has 0 radical (unpaired) electrons. The van der Waals surface area contributed by atoms with Gasteiger partial charge in [0.15, 0.2) is 11.5 Å². The summed E-state index contributed by atoms with van der Waals surface area (Å²) < 4.78 is 12.4. The van der Waals surface area contributed by atoms with Crippen LogP contribution >= 0.6 is 0 Å². The zero-order chi connectivity index (χ0) is 52.2. The smallest absolute Gasteiger partial charge is 0.247 e. The standard InChI is InChI=1S/C70H68BN3O/c1-65(2,3)38-19-24-43(25-20-38)72-56-18-16-17-49-61(56)71-51-34-45-46-31-42(33-59-62(46)74(57(45)36-50(51)70(49,14)15)55-28-22-40(67(7,8)9)32-58(55)75-59)69(12,13)37-68(10,11)41-23-27-53-44(30-41)47-35-52(71)64(72)60-48-29-39(66(4,5)6)21-26-54(48)73(53)63(47)60/h16-36H,37H2,1-15H3. The lowest BCUT2D eigenvalue weighted by Crippen LogP contribution is -2.64. The number of anilines is 3. The number of nitrogens with zero attached hydrogens (tertiary/aromatic N) is 3. The molecular formula is C70H68BN3O. The van der Waals surface area contributed by atoms with Gasteiger partial charge in [0.1, 0.15) is 0 Å². The molecule has 7 heterocycles. The van der Waals surface area contributed by atoms with Gasteiger partial charge in [-0.05, 0) is 156 Å². The molecule has 0 fully saturated rings. The van der Waals surface area contributed by atoms with Crippen LogP contribution in [0.3, 0.4) is 0 Å². The summed E-state index contributed by atoms with van der Waals surface area (Å²) in [7, 11) is 0. The molecule has 5 heteroatoms. The van der Waals surface area contributed by atoms with E-state index in [2.05, 4.69) is 245 Å². The van der Waals surface area contributed by atoms with Crippen LogP contribution in [0, 0.1) is 0 Å². The highest BCUT2D eigenvalue weighted by Crippen LogP contribution is 2.54. The molecule has 3 aromatic heterocycles. The van der Waals surface area contributed by atoms with Crippen molar-refractivity contribution < 1.29 is 4.74 Å². The Hall–Kier alpha value is -6.98. The number of fused-ring (bicyclic) bond motifs is 10. The Bertz CT molecular complexity index is 4380. The van der Waals surface area contributed by atoms with Crippen LogP contribution in [-0.2, 0) is 32.5 Å². The summed E-state index contributed by atoms with van der Waals surface area (Å²) in [4.78, 5) is 2.67. The van der Waals surface area contributed by atoms with Gasteiger partial charge in [0.2, 0.25) is 6.71 Å². The molecule has 0 spiro atoms. The second-order valence-electron chi connectivity index (χ2n) is 28.2. The number of rotatable bonds is 1. The topological polar surface area (TPSA) is 21.8 Å². The summed E-state index contributed by atoms with van der Waals surface area (Å²) in [5.74, 6) is 1.86. The molecule has 0 unspecified atom stereocenters. The Kier molecular flexibility index (Phi) is 8.41. The number of ether oxygens (including phenoxy) is 1. The van der Waals surface area contributed by atoms with E-state index in [0.29, 0.717) is 0 Å². The first-order valence-electron chi connectivity index (χ1n) is 27.7. The third-order valence-electron chi connectivity index (χ3n) is 19.0. The fraction of sp³-hybridized carbons (Fsp3) is 0.314. The van der Waals surface area contributed by atoms with Crippen molar-refractivity contribution in [3.8, 4) is 17.2 Å². The third-order valence-corrected chi connectivity index (χ3v) is 19.0. The summed E-state index contributed by atoms with van der Waals surface area (Å²) in [6.45, 7) is 35.7. The van der Waals surface area contributed by atoms with E-state index in [1.165, 1.54) is 127 Å². The van der Waals surface area contributed by atoms with E-state index in [4.69, 9.17) is 4.74 Å². The van der Waals surface area contributed by atoms with Crippen LogP contribution in [0.4, 0.5) is 17.1 Å². The minimum absolute atomic E-state index is 0.0231. The maximum atomic E-state index is 7.26. The molecular weight excluding hydrogens is 910 g/mol. The molecule has 372 valence electrons. The Morgan fingerprint density at radius 2 is 1.09 bits per heavy atom. The van der Waals surface area contributed by atoms with E-state index in [0.717, 1.165) is 29.1 Å². The highest BCUT2D eigenvalue weighted by atomic mass is 16.5. The Morgan fingerprint density at radius 3 is 1.83 bits per heavy atom. The average Bonchev–Trinajstić information content (AvgIpc) is 4.00. The summed E-state index contributed by atoms with van der Waals surface area (Å²) in [6.07, 6.45) is 0.950. The van der Waals surface area contributed by atoms with Gasteiger partial charge in [0.25, 0.3) is 0 Å². The molecule has 8 aromatic carbocycles. The van der Waals surface area contributed by atoms with Crippen molar-refractivity contribution in [3.63, 3.8) is 0 Å². The van der Waals surface area contributed by atoms with Crippen LogP contribution in [0.25, 0.3) is 65.6 Å². The van der Waals surface area contributed by atoms with Crippen LogP contribution < -0.4 is 26.0 Å². The van der Waals surface area contributed by atoms with E-state index >= 15 is 0 Å². The molecule has 15 rings (SSSR count). The van der Waals surface area contributed by atoms with Gasteiger partial charge in [-0.1, -0.05) is 164 Å². The van der Waals surface area contributed by atoms with Crippen molar-refractivity contribution >= 4 is 100 Å². The fourth-order valence-electron chi connectivity index (χ4n) is 15.0. The summed E-state index contributed by atoms with van der Waals surface area (Å²) in [6, 6.07) is 51.4. The third kappa shape index (κ3) is 5.85. The van der Waals surface area contributed by atoms with Gasteiger partial charge >= 0.3 is 0 Å². The van der Waals surface area contributed by atoms with Crippen LogP contribution in [-0.4, -0.2) is 15.7 Å². The van der Waals surface area contributed by atoms with Gasteiger partial charge in [-0.3, -0.25) is 0 Å². The molecule has 4 aliphatic rings. The SMILES string of the molecule is CC(C)(C)c1ccc(N2c3cccc4c3B3c5cc6c7cc(cc8c7n(c6cc5C4(C)C)-c4ccc(C(C)(C)C)cc4O8)C(C)(C)CC(C)(C)c4ccc5c(c4)c4cc3c2c2c3cc(C(C)(C)C)ccc3n5c42)cc1. The summed E-state index contributed by atoms with van der Waals surface area (Å²) in [5.41, 5.74) is 24.0. The molecule has 0 amide bonds. The number of benzene rings is 8.